The molecule has 0 aliphatic heterocycles. The molecule has 0 radical (unpaired) electrons. The molecule has 180 valence electrons. The lowest BCUT2D eigenvalue weighted by Gasteiger charge is -2.09. The fraction of sp³-hybridized carbons (Fsp3) is 0.0714. The van der Waals surface area contributed by atoms with Crippen molar-refractivity contribution in [2.75, 3.05) is 17.7 Å². The number of halogens is 2. The number of nitrogen functional groups attached to an aromatic ring is 1. The van der Waals surface area contributed by atoms with Crippen LogP contribution in [0.25, 0.3) is 32.6 Å². The highest BCUT2D eigenvalue weighted by Gasteiger charge is 2.22. The Kier molecular flexibility index (Phi) is 6.83. The fourth-order valence-electron chi connectivity index (χ4n) is 3.90. The monoisotopic (exact) mass is 533 g/mol. The molecule has 36 heavy (non-hydrogen) atoms. The summed E-state index contributed by atoms with van der Waals surface area (Å²) in [6, 6.07) is 24.2. The van der Waals surface area contributed by atoms with Gasteiger partial charge in [0, 0.05) is 26.7 Å². The Balaban J connectivity index is 1.60. The molecule has 0 aliphatic rings. The number of anilines is 2. The number of ether oxygens (including phenoxy) is 1. The van der Waals surface area contributed by atoms with Crippen LogP contribution in [-0.4, -0.2) is 17.5 Å². The number of nitrogens with zero attached hydrogens (tertiary/aromatic N) is 1. The predicted molar refractivity (Wildman–Crippen MR) is 150 cm³/mol. The van der Waals surface area contributed by atoms with Crippen molar-refractivity contribution < 1.29 is 9.53 Å². The molecule has 2 heterocycles. The van der Waals surface area contributed by atoms with Crippen LogP contribution in [0.4, 0.5) is 11.4 Å². The van der Waals surface area contributed by atoms with E-state index in [0.717, 1.165) is 33.5 Å². The summed E-state index contributed by atoms with van der Waals surface area (Å²) in [6.07, 6.45) is 0. The quantitative estimate of drug-likeness (QED) is 0.230. The van der Waals surface area contributed by atoms with Gasteiger partial charge >= 0.3 is 0 Å². The van der Waals surface area contributed by atoms with Crippen molar-refractivity contribution in [2.24, 2.45) is 0 Å². The van der Waals surface area contributed by atoms with Crippen LogP contribution in [0.1, 0.15) is 16.6 Å². The number of fused-ring (bicyclic) bond motifs is 1. The molecule has 3 N–H and O–H groups in total. The molecule has 5 rings (SSSR count). The third-order valence-electron chi connectivity index (χ3n) is 5.62. The molecule has 0 aliphatic carbocycles. The summed E-state index contributed by atoms with van der Waals surface area (Å²) in [5.74, 6) is 0.443. The van der Waals surface area contributed by atoms with Gasteiger partial charge in [0.2, 0.25) is 0 Å². The Labute approximate surface area is 222 Å². The number of nitrogens with two attached hydrogens (primary N) is 1. The normalized spacial score (nSPS) is 11.0. The van der Waals surface area contributed by atoms with Crippen LogP contribution in [0, 0.1) is 0 Å². The second kappa shape index (κ2) is 10.2. The molecule has 8 heteroatoms. The number of benzene rings is 3. The van der Waals surface area contributed by atoms with E-state index in [1.807, 2.05) is 73.7 Å². The highest BCUT2D eigenvalue weighted by atomic mass is 35.5. The van der Waals surface area contributed by atoms with Gasteiger partial charge in [-0.05, 0) is 72.6 Å². The maximum Gasteiger partial charge on any atom is 0.267 e. The molecular formula is C28H21Cl2N3O2S. The van der Waals surface area contributed by atoms with E-state index in [1.54, 1.807) is 12.1 Å². The van der Waals surface area contributed by atoms with Gasteiger partial charge < -0.3 is 15.8 Å². The summed E-state index contributed by atoms with van der Waals surface area (Å²) in [6.45, 7) is 2.50. The Morgan fingerprint density at radius 2 is 1.56 bits per heavy atom. The molecule has 5 aromatic rings. The van der Waals surface area contributed by atoms with Crippen molar-refractivity contribution in [1.29, 1.82) is 0 Å². The summed E-state index contributed by atoms with van der Waals surface area (Å²) in [5, 5.41) is 4.94. The van der Waals surface area contributed by atoms with Crippen LogP contribution in [0.2, 0.25) is 10.0 Å². The highest BCUT2D eigenvalue weighted by molar-refractivity contribution is 7.21. The number of nitrogens with one attached hydrogen (secondary N) is 1. The van der Waals surface area contributed by atoms with Crippen molar-refractivity contribution in [2.45, 2.75) is 6.92 Å². The number of rotatable bonds is 6. The van der Waals surface area contributed by atoms with Crippen LogP contribution < -0.4 is 15.8 Å². The minimum absolute atomic E-state index is 0.297. The summed E-state index contributed by atoms with van der Waals surface area (Å²) in [7, 11) is 0. The number of thiophene rings is 1. The third kappa shape index (κ3) is 4.88. The zero-order valence-corrected chi connectivity index (χ0v) is 21.5. The van der Waals surface area contributed by atoms with Gasteiger partial charge in [-0.3, -0.25) is 4.79 Å². The molecule has 2 aromatic heterocycles. The van der Waals surface area contributed by atoms with Gasteiger partial charge in [-0.2, -0.15) is 0 Å². The number of aromatic nitrogens is 1. The number of amides is 1. The molecule has 0 saturated carbocycles. The molecule has 0 bridgehead atoms. The minimum atomic E-state index is -0.297. The second-order valence-electron chi connectivity index (χ2n) is 8.01. The molecule has 1 amide bonds. The van der Waals surface area contributed by atoms with E-state index in [2.05, 4.69) is 5.32 Å². The molecule has 5 nitrogen and oxygen atoms in total. The maximum absolute atomic E-state index is 13.2. The lowest BCUT2D eigenvalue weighted by Crippen LogP contribution is -2.11. The molecule has 3 aromatic carbocycles. The molecular weight excluding hydrogens is 513 g/mol. The Hall–Kier alpha value is -3.58. The van der Waals surface area contributed by atoms with E-state index < -0.39 is 0 Å². The van der Waals surface area contributed by atoms with Gasteiger partial charge in [0.1, 0.15) is 15.5 Å². The first-order chi connectivity index (χ1) is 17.4. The summed E-state index contributed by atoms with van der Waals surface area (Å²) < 4.78 is 5.47. The van der Waals surface area contributed by atoms with Crippen LogP contribution in [0.3, 0.4) is 0 Å². The van der Waals surface area contributed by atoms with E-state index in [4.69, 9.17) is 38.7 Å². The zero-order valence-electron chi connectivity index (χ0n) is 19.2. The Morgan fingerprint density at radius 1 is 0.944 bits per heavy atom. The van der Waals surface area contributed by atoms with E-state index in [-0.39, 0.29) is 5.91 Å². The summed E-state index contributed by atoms with van der Waals surface area (Å²) in [4.78, 5) is 19.1. The standard InChI is InChI=1S/C28H21Cl2N3O2S/c1-2-35-21-13-11-20(12-14-21)32-27(34)26-25(31)24-22(16-3-7-18(29)8-4-16)15-23(33-28(24)36-26)17-5-9-19(30)10-6-17/h3-15H,2,31H2,1H3,(H,32,34). The van der Waals surface area contributed by atoms with Crippen molar-refractivity contribution >= 4 is 62.0 Å². The van der Waals surface area contributed by atoms with Crippen LogP contribution in [0.15, 0.2) is 78.9 Å². The van der Waals surface area contributed by atoms with Gasteiger partial charge in [-0.25, -0.2) is 4.98 Å². The molecule has 0 spiro atoms. The Bertz CT molecular complexity index is 1550. The van der Waals surface area contributed by atoms with Crippen molar-refractivity contribution in [3.05, 3.63) is 93.8 Å². The van der Waals surface area contributed by atoms with Gasteiger partial charge in [-0.15, -0.1) is 11.3 Å². The first-order valence-corrected chi connectivity index (χ1v) is 12.8. The van der Waals surface area contributed by atoms with Gasteiger partial charge in [0.15, 0.2) is 0 Å². The van der Waals surface area contributed by atoms with Crippen molar-refractivity contribution in [3.8, 4) is 28.1 Å². The number of pyridine rings is 1. The lowest BCUT2D eigenvalue weighted by atomic mass is 9.99. The highest BCUT2D eigenvalue weighted by Crippen LogP contribution is 2.42. The fourth-order valence-corrected chi connectivity index (χ4v) is 5.17. The second-order valence-corrected chi connectivity index (χ2v) is 9.88. The van der Waals surface area contributed by atoms with E-state index in [0.29, 0.717) is 37.7 Å². The molecule has 0 unspecified atom stereocenters. The summed E-state index contributed by atoms with van der Waals surface area (Å²) in [5.41, 5.74) is 11.1. The number of carbonyl (C=O) groups is 1. The van der Waals surface area contributed by atoms with Crippen molar-refractivity contribution in [3.63, 3.8) is 0 Å². The third-order valence-corrected chi connectivity index (χ3v) is 7.23. The SMILES string of the molecule is CCOc1ccc(NC(=O)c2sc3nc(-c4ccc(Cl)cc4)cc(-c4ccc(Cl)cc4)c3c2N)cc1. The van der Waals surface area contributed by atoms with E-state index in [1.165, 1.54) is 11.3 Å². The molecule has 0 saturated heterocycles. The van der Waals surface area contributed by atoms with Gasteiger partial charge in [0.25, 0.3) is 5.91 Å². The van der Waals surface area contributed by atoms with Crippen molar-refractivity contribution in [1.82, 2.24) is 4.98 Å². The van der Waals surface area contributed by atoms with Crippen LogP contribution in [0.5, 0.6) is 5.75 Å². The lowest BCUT2D eigenvalue weighted by molar-refractivity contribution is 0.103. The first kappa shape index (κ1) is 24.1. The molecule has 0 atom stereocenters. The zero-order chi connectivity index (χ0) is 25.2. The average Bonchev–Trinajstić information content (AvgIpc) is 3.22. The van der Waals surface area contributed by atoms with E-state index in [9.17, 15) is 4.79 Å². The smallest absolute Gasteiger partial charge is 0.267 e. The maximum atomic E-state index is 13.2. The Morgan fingerprint density at radius 3 is 2.17 bits per heavy atom. The van der Waals surface area contributed by atoms with E-state index >= 15 is 0 Å². The average molecular weight is 534 g/mol. The van der Waals surface area contributed by atoms with Crippen LogP contribution >= 0.6 is 34.5 Å². The first-order valence-electron chi connectivity index (χ1n) is 11.2. The van der Waals surface area contributed by atoms with Crippen LogP contribution in [-0.2, 0) is 0 Å². The topological polar surface area (TPSA) is 77.2 Å². The van der Waals surface area contributed by atoms with Gasteiger partial charge in [-0.1, -0.05) is 47.5 Å². The summed E-state index contributed by atoms with van der Waals surface area (Å²) >= 11 is 13.5. The largest absolute Gasteiger partial charge is 0.494 e. The van der Waals surface area contributed by atoms with Gasteiger partial charge in [0.05, 0.1) is 18.0 Å². The number of hydrogen-bond donors (Lipinski definition) is 2. The number of hydrogen-bond acceptors (Lipinski definition) is 5. The minimum Gasteiger partial charge on any atom is -0.494 e. The number of carbonyl (C=O) groups excluding carboxylic acids is 1. The predicted octanol–water partition coefficient (Wildman–Crippen LogP) is 8.17. The molecule has 0 fully saturated rings.